The van der Waals surface area contributed by atoms with Crippen molar-refractivity contribution in [3.05, 3.63) is 0 Å². The molecule has 0 aliphatic rings. The van der Waals surface area contributed by atoms with Gasteiger partial charge in [0.1, 0.15) is 0 Å². The highest BCUT2D eigenvalue weighted by Crippen LogP contribution is 2.47. The van der Waals surface area contributed by atoms with E-state index >= 15 is 0 Å². The van der Waals surface area contributed by atoms with Crippen LogP contribution < -0.4 is 6.15 Å². The zero-order chi connectivity index (χ0) is 8.04. The van der Waals surface area contributed by atoms with E-state index in [0.717, 1.165) is 19.3 Å². The van der Waals surface area contributed by atoms with Crippen molar-refractivity contribution >= 4 is 29.7 Å². The van der Waals surface area contributed by atoms with Crippen LogP contribution in [0.5, 0.6) is 0 Å². The van der Waals surface area contributed by atoms with Crippen LogP contribution in [0.2, 0.25) is 0 Å². The molecular formula is C5H16NO2PS2. The standard InChI is InChI=1S/C5H13O2PS2.H3N/c1-2-3-4-5-7-8(6,9)10;/h2-5H2,1H3,(H2,6,9,10);1H3. The van der Waals surface area contributed by atoms with Gasteiger partial charge in [-0.3, -0.25) is 0 Å². The minimum atomic E-state index is -2.68. The van der Waals surface area contributed by atoms with E-state index < -0.39 is 5.69 Å². The van der Waals surface area contributed by atoms with Gasteiger partial charge in [-0.1, -0.05) is 32.0 Å². The van der Waals surface area contributed by atoms with Crippen LogP contribution in [-0.2, 0) is 16.3 Å². The summed E-state index contributed by atoms with van der Waals surface area (Å²) in [7, 11) is 0. The van der Waals surface area contributed by atoms with E-state index in [0.29, 0.717) is 6.61 Å². The molecule has 0 saturated carbocycles. The van der Waals surface area contributed by atoms with Gasteiger partial charge >= 0.3 is 0 Å². The molecule has 0 aromatic heterocycles. The normalized spacial score (nSPS) is 15.2. The van der Waals surface area contributed by atoms with Crippen LogP contribution >= 0.6 is 17.9 Å². The van der Waals surface area contributed by atoms with Crippen LogP contribution in [0.4, 0.5) is 0 Å². The molecule has 4 N–H and O–H groups in total. The van der Waals surface area contributed by atoms with Gasteiger partial charge in [0.2, 0.25) is 5.69 Å². The molecule has 0 aromatic rings. The van der Waals surface area contributed by atoms with E-state index in [9.17, 15) is 0 Å². The first kappa shape index (κ1) is 14.4. The Labute approximate surface area is 78.4 Å². The van der Waals surface area contributed by atoms with E-state index in [4.69, 9.17) is 9.42 Å². The fourth-order valence-corrected chi connectivity index (χ4v) is 1.37. The van der Waals surface area contributed by atoms with Crippen molar-refractivity contribution in [3.63, 3.8) is 0 Å². The SMILES string of the molecule is CCCCCOP(O)(=S)S.N. The molecule has 70 valence electrons. The summed E-state index contributed by atoms with van der Waals surface area (Å²) in [4.78, 5) is 8.88. The molecule has 3 nitrogen and oxygen atoms in total. The highest BCUT2D eigenvalue weighted by Gasteiger charge is 2.03. The number of rotatable bonds is 5. The molecule has 1 unspecified atom stereocenters. The summed E-state index contributed by atoms with van der Waals surface area (Å²) in [6.07, 6.45) is 3.21. The number of thiol groups is 1. The molecule has 0 saturated heterocycles. The summed E-state index contributed by atoms with van der Waals surface area (Å²) >= 11 is 8.26. The van der Waals surface area contributed by atoms with Gasteiger partial charge in [0, 0.05) is 0 Å². The average Bonchev–Trinajstić information content (AvgIpc) is 1.78. The summed E-state index contributed by atoms with van der Waals surface area (Å²) in [5, 5.41) is 0. The molecule has 0 aliphatic carbocycles. The Kier molecular flexibility index (Phi) is 9.86. The summed E-state index contributed by atoms with van der Waals surface area (Å²) in [6.45, 7) is 2.64. The van der Waals surface area contributed by atoms with Crippen molar-refractivity contribution in [2.75, 3.05) is 6.61 Å². The third-order valence-corrected chi connectivity index (χ3v) is 2.19. The minimum Gasteiger partial charge on any atom is -0.344 e. The monoisotopic (exact) mass is 217 g/mol. The maximum absolute atomic E-state index is 8.88. The van der Waals surface area contributed by atoms with E-state index in [1.54, 1.807) is 0 Å². The van der Waals surface area contributed by atoms with Crippen molar-refractivity contribution < 1.29 is 9.42 Å². The van der Waals surface area contributed by atoms with Gasteiger partial charge in [0.15, 0.2) is 0 Å². The van der Waals surface area contributed by atoms with Crippen molar-refractivity contribution in [2.24, 2.45) is 0 Å². The number of hydrogen-bond donors (Lipinski definition) is 3. The second-order valence-corrected chi connectivity index (χ2v) is 7.19. The van der Waals surface area contributed by atoms with Crippen molar-refractivity contribution in [2.45, 2.75) is 26.2 Å². The Morgan fingerprint density at radius 3 is 2.45 bits per heavy atom. The largest absolute Gasteiger partial charge is 0.344 e. The molecule has 0 rings (SSSR count). The molecule has 0 aliphatic heterocycles. The molecule has 1 atom stereocenters. The lowest BCUT2D eigenvalue weighted by atomic mass is 10.3. The molecule has 0 spiro atoms. The third-order valence-electron chi connectivity index (χ3n) is 1.01. The second-order valence-electron chi connectivity index (χ2n) is 2.03. The molecule has 0 bridgehead atoms. The molecule has 0 fully saturated rings. The lowest BCUT2D eigenvalue weighted by Crippen LogP contribution is -1.88. The van der Waals surface area contributed by atoms with Crippen LogP contribution in [0.15, 0.2) is 0 Å². The van der Waals surface area contributed by atoms with Crippen LogP contribution in [0, 0.1) is 0 Å². The Hall–Kier alpha value is 0.880. The quantitative estimate of drug-likeness (QED) is 0.376. The first-order chi connectivity index (χ1) is 4.56. The van der Waals surface area contributed by atoms with Gasteiger partial charge in [-0.2, -0.15) is 0 Å². The Balaban J connectivity index is 0. The fraction of sp³-hybridized carbons (Fsp3) is 1.00. The molecule has 6 heteroatoms. The molecular weight excluding hydrogens is 201 g/mol. The highest BCUT2D eigenvalue weighted by molar-refractivity contribution is 8.59. The third kappa shape index (κ3) is 13.8. The average molecular weight is 217 g/mol. The molecule has 0 radical (unpaired) electrons. The summed E-state index contributed by atoms with van der Waals surface area (Å²) < 4.78 is 4.88. The molecule has 0 aromatic carbocycles. The topological polar surface area (TPSA) is 64.5 Å². The van der Waals surface area contributed by atoms with E-state index in [1.165, 1.54) is 0 Å². The first-order valence-corrected chi connectivity index (χ1v) is 7.09. The van der Waals surface area contributed by atoms with Crippen molar-refractivity contribution in [1.82, 2.24) is 6.15 Å². The van der Waals surface area contributed by atoms with Crippen LogP contribution in [0.3, 0.4) is 0 Å². The maximum atomic E-state index is 8.88. The van der Waals surface area contributed by atoms with E-state index in [2.05, 4.69) is 31.0 Å². The lowest BCUT2D eigenvalue weighted by Gasteiger charge is -2.07. The molecule has 11 heavy (non-hydrogen) atoms. The van der Waals surface area contributed by atoms with E-state index in [-0.39, 0.29) is 6.15 Å². The Bertz CT molecular complexity index is 128. The van der Waals surface area contributed by atoms with Crippen molar-refractivity contribution in [3.8, 4) is 0 Å². The molecule has 0 heterocycles. The predicted octanol–water partition coefficient (Wildman–Crippen LogP) is 2.50. The Morgan fingerprint density at radius 1 is 1.55 bits per heavy atom. The van der Waals surface area contributed by atoms with Gasteiger partial charge in [-0.25, -0.2) is 0 Å². The van der Waals surface area contributed by atoms with Gasteiger partial charge in [0.05, 0.1) is 6.61 Å². The maximum Gasteiger partial charge on any atom is 0.241 e. The van der Waals surface area contributed by atoms with Crippen LogP contribution in [-0.4, -0.2) is 11.5 Å². The Morgan fingerprint density at radius 2 is 2.09 bits per heavy atom. The van der Waals surface area contributed by atoms with Gasteiger partial charge < -0.3 is 15.6 Å². The summed E-state index contributed by atoms with van der Waals surface area (Å²) in [5.41, 5.74) is -2.68. The van der Waals surface area contributed by atoms with E-state index in [1.807, 2.05) is 0 Å². The zero-order valence-corrected chi connectivity index (χ0v) is 9.30. The first-order valence-electron chi connectivity index (χ1n) is 3.26. The zero-order valence-electron chi connectivity index (χ0n) is 6.69. The fourth-order valence-electron chi connectivity index (χ4n) is 0.536. The number of unbranched alkanes of at least 4 members (excludes halogenated alkanes) is 2. The minimum absolute atomic E-state index is 0. The summed E-state index contributed by atoms with van der Waals surface area (Å²) in [5.74, 6) is 0. The highest BCUT2D eigenvalue weighted by atomic mass is 32.9. The van der Waals surface area contributed by atoms with Crippen molar-refractivity contribution in [1.29, 1.82) is 0 Å². The summed E-state index contributed by atoms with van der Waals surface area (Å²) in [6, 6.07) is 0. The van der Waals surface area contributed by atoms with Crippen LogP contribution in [0.25, 0.3) is 0 Å². The molecule has 0 amide bonds. The van der Waals surface area contributed by atoms with Gasteiger partial charge in [0.25, 0.3) is 0 Å². The second kappa shape index (κ2) is 7.53. The smallest absolute Gasteiger partial charge is 0.241 e. The lowest BCUT2D eigenvalue weighted by molar-refractivity contribution is 0.309. The predicted molar refractivity (Wildman–Crippen MR) is 56.0 cm³/mol. The van der Waals surface area contributed by atoms with Gasteiger partial charge in [-0.05, 0) is 18.2 Å². The number of hydrogen-bond acceptors (Lipinski definition) is 3. The van der Waals surface area contributed by atoms with Gasteiger partial charge in [-0.15, -0.1) is 0 Å². The van der Waals surface area contributed by atoms with Crippen LogP contribution in [0.1, 0.15) is 26.2 Å².